The van der Waals surface area contributed by atoms with Gasteiger partial charge in [0.25, 0.3) is 0 Å². The second-order valence-corrected chi connectivity index (χ2v) is 16.9. The van der Waals surface area contributed by atoms with Crippen molar-refractivity contribution < 1.29 is 73.9 Å². The molecular formula is C57H52F6N2O10. The summed E-state index contributed by atoms with van der Waals surface area (Å²) in [7, 11) is 2.73. The first-order valence-corrected chi connectivity index (χ1v) is 23.4. The largest absolute Gasteiger partial charge is 0.493 e. The van der Waals surface area contributed by atoms with E-state index in [2.05, 4.69) is 0 Å². The summed E-state index contributed by atoms with van der Waals surface area (Å²) in [6.07, 6.45) is -4.29. The van der Waals surface area contributed by atoms with Gasteiger partial charge in [-0.1, -0.05) is 48.6 Å². The second-order valence-electron chi connectivity index (χ2n) is 16.9. The number of benzene rings is 6. The van der Waals surface area contributed by atoms with Crippen molar-refractivity contribution in [3.63, 3.8) is 0 Å². The molecule has 6 aromatic carbocycles. The highest BCUT2D eigenvalue weighted by molar-refractivity contribution is 6.16. The maximum absolute atomic E-state index is 14.0. The van der Waals surface area contributed by atoms with E-state index in [4.69, 9.17) is 39.9 Å². The zero-order chi connectivity index (χ0) is 54.3. The lowest BCUT2D eigenvalue weighted by atomic mass is 9.88. The molecule has 0 aliphatic rings. The van der Waals surface area contributed by atoms with Crippen LogP contribution in [0.3, 0.4) is 0 Å². The number of esters is 2. The number of rotatable bonds is 23. The first-order valence-electron chi connectivity index (χ1n) is 23.4. The number of alkyl halides is 6. The van der Waals surface area contributed by atoms with E-state index in [1.54, 1.807) is 67.6 Å². The van der Waals surface area contributed by atoms with Gasteiger partial charge in [0.15, 0.2) is 34.6 Å². The molecule has 0 heterocycles. The Morgan fingerprint density at radius 3 is 1.43 bits per heavy atom. The number of nitrogens with two attached hydrogens (primary N) is 2. The van der Waals surface area contributed by atoms with Crippen molar-refractivity contribution in [3.05, 3.63) is 166 Å². The van der Waals surface area contributed by atoms with Crippen LogP contribution in [0.25, 0.3) is 23.3 Å². The number of unbranched alkanes of at least 4 members (excludes halogenated alkanes) is 2. The van der Waals surface area contributed by atoms with E-state index < -0.39 is 48.7 Å². The lowest BCUT2D eigenvalue weighted by molar-refractivity contribution is -0.136. The average Bonchev–Trinajstić information content (AvgIpc) is 3.38. The third kappa shape index (κ3) is 16.2. The number of halogens is 6. The van der Waals surface area contributed by atoms with Crippen LogP contribution in [-0.2, 0) is 0 Å². The number of carbonyl (C=O) groups excluding carboxylic acids is 4. The molecule has 0 bridgehead atoms. The number of carbonyl (C=O) groups is 4. The highest BCUT2D eigenvalue weighted by Crippen LogP contribution is 2.35. The molecule has 0 aromatic heterocycles. The smallest absolute Gasteiger partial charge is 0.389 e. The van der Waals surface area contributed by atoms with Crippen LogP contribution in [0.15, 0.2) is 127 Å². The Bertz CT molecular complexity index is 3060. The highest BCUT2D eigenvalue weighted by Gasteiger charge is 2.27. The Labute approximate surface area is 428 Å². The van der Waals surface area contributed by atoms with Gasteiger partial charge in [-0.2, -0.15) is 26.3 Å². The Morgan fingerprint density at radius 2 is 0.973 bits per heavy atom. The van der Waals surface area contributed by atoms with Gasteiger partial charge in [0.1, 0.15) is 11.5 Å². The molecule has 0 saturated heterocycles. The predicted octanol–water partition coefficient (Wildman–Crippen LogP) is 13.3. The molecule has 0 radical (unpaired) electrons. The van der Waals surface area contributed by atoms with Crippen molar-refractivity contribution in [2.24, 2.45) is 0 Å². The van der Waals surface area contributed by atoms with Crippen LogP contribution in [0.4, 0.5) is 37.7 Å². The zero-order valence-corrected chi connectivity index (χ0v) is 40.9. The van der Waals surface area contributed by atoms with Crippen LogP contribution in [0, 0.1) is 6.92 Å². The van der Waals surface area contributed by atoms with Crippen molar-refractivity contribution in [1.82, 2.24) is 0 Å². The number of hydrogen-bond acceptors (Lipinski definition) is 12. The van der Waals surface area contributed by atoms with Gasteiger partial charge in [-0.25, -0.2) is 9.59 Å². The number of anilines is 2. The minimum atomic E-state index is -4.24. The lowest BCUT2D eigenvalue weighted by Gasteiger charge is -2.16. The fourth-order valence-electron chi connectivity index (χ4n) is 7.46. The maximum Gasteiger partial charge on any atom is 0.389 e. The van der Waals surface area contributed by atoms with E-state index in [-0.39, 0.29) is 95.6 Å². The fraction of sp³-hybridized carbons (Fsp3) is 0.228. The van der Waals surface area contributed by atoms with Crippen LogP contribution in [-0.4, -0.2) is 63.3 Å². The van der Waals surface area contributed by atoms with Gasteiger partial charge in [0.05, 0.1) is 38.6 Å². The molecule has 0 aliphatic carbocycles. The van der Waals surface area contributed by atoms with Crippen LogP contribution in [0.5, 0.6) is 34.5 Å². The van der Waals surface area contributed by atoms with Gasteiger partial charge in [-0.3, -0.25) is 9.59 Å². The number of methoxy groups -OCH3 is 2. The van der Waals surface area contributed by atoms with Crippen molar-refractivity contribution in [1.29, 1.82) is 0 Å². The molecule has 392 valence electrons. The van der Waals surface area contributed by atoms with E-state index in [9.17, 15) is 45.5 Å². The van der Waals surface area contributed by atoms with E-state index in [1.807, 2.05) is 0 Å². The van der Waals surface area contributed by atoms with Crippen molar-refractivity contribution in [2.75, 3.05) is 38.9 Å². The molecular weight excluding hydrogens is 987 g/mol. The first-order chi connectivity index (χ1) is 35.7. The summed E-state index contributed by atoms with van der Waals surface area (Å²) in [5.41, 5.74) is 16.4. The fourth-order valence-corrected chi connectivity index (χ4v) is 7.46. The Balaban J connectivity index is 1.09. The van der Waals surface area contributed by atoms with Gasteiger partial charge in [0, 0.05) is 35.3 Å². The van der Waals surface area contributed by atoms with Gasteiger partial charge < -0.3 is 39.9 Å². The number of ether oxygens (including phenoxy) is 6. The Hall–Kier alpha value is -8.54. The number of nitrogen functional groups attached to an aromatic ring is 2. The summed E-state index contributed by atoms with van der Waals surface area (Å²) < 4.78 is 108. The molecule has 12 nitrogen and oxygen atoms in total. The minimum Gasteiger partial charge on any atom is -0.493 e. The van der Waals surface area contributed by atoms with Gasteiger partial charge in [-0.05, 0) is 151 Å². The van der Waals surface area contributed by atoms with Crippen molar-refractivity contribution in [2.45, 2.75) is 57.8 Å². The summed E-state index contributed by atoms with van der Waals surface area (Å²) >= 11 is 0. The lowest BCUT2D eigenvalue weighted by Crippen LogP contribution is -2.10. The van der Waals surface area contributed by atoms with Crippen LogP contribution in [0.2, 0.25) is 0 Å². The van der Waals surface area contributed by atoms with E-state index in [0.29, 0.717) is 39.2 Å². The maximum atomic E-state index is 14.0. The van der Waals surface area contributed by atoms with E-state index in [1.165, 1.54) is 93.1 Å². The molecule has 75 heavy (non-hydrogen) atoms. The molecule has 0 aliphatic heterocycles. The van der Waals surface area contributed by atoms with Gasteiger partial charge >= 0.3 is 24.3 Å². The monoisotopic (exact) mass is 1040 g/mol. The number of allylic oxidation sites excluding steroid dienone is 2. The van der Waals surface area contributed by atoms with E-state index >= 15 is 0 Å². The second kappa shape index (κ2) is 25.4. The molecule has 0 fully saturated rings. The predicted molar refractivity (Wildman–Crippen MR) is 272 cm³/mol. The normalized spacial score (nSPS) is 11.6. The molecule has 0 unspecified atom stereocenters. The molecule has 4 N–H and O–H groups in total. The Kier molecular flexibility index (Phi) is 18.9. The quantitative estimate of drug-likeness (QED) is 0.0118. The summed E-state index contributed by atoms with van der Waals surface area (Å²) in [6, 6.07) is 29.4. The first kappa shape index (κ1) is 55.8. The van der Waals surface area contributed by atoms with Crippen LogP contribution < -0.4 is 39.9 Å². The molecule has 0 atom stereocenters. The third-order valence-corrected chi connectivity index (χ3v) is 11.4. The molecule has 18 heteroatoms. The summed E-state index contributed by atoms with van der Waals surface area (Å²) in [5, 5.41) is 0. The van der Waals surface area contributed by atoms with E-state index in [0.717, 1.165) is 0 Å². The van der Waals surface area contributed by atoms with Gasteiger partial charge in [0.2, 0.25) is 0 Å². The molecule has 0 spiro atoms. The van der Waals surface area contributed by atoms with Crippen LogP contribution >= 0.6 is 0 Å². The molecule has 0 saturated carbocycles. The topological polar surface area (TPSA) is 176 Å². The highest BCUT2D eigenvalue weighted by atomic mass is 19.4. The third-order valence-electron chi connectivity index (χ3n) is 11.4. The molecule has 0 amide bonds. The zero-order valence-electron chi connectivity index (χ0n) is 40.9. The SMILES string of the molecule is COc1cc(C(=O)Oc2ccc(C=CC(=O)c3cc(N)ccc3-c3ccc(N)c(C)c3C(=O)C=Cc3ccc(OC(=O)c4ccc(OCCCCC(F)(F)F)c(OC)c4)cc3)cc2)ccc1OCCCCC(F)(F)F. The molecule has 6 aromatic rings. The number of ketones is 2. The summed E-state index contributed by atoms with van der Waals surface area (Å²) in [6.45, 7) is 1.75. The van der Waals surface area contributed by atoms with Crippen LogP contribution in [0.1, 0.15) is 96.6 Å². The molecule has 6 rings (SSSR count). The van der Waals surface area contributed by atoms with Gasteiger partial charge in [-0.15, -0.1) is 0 Å². The van der Waals surface area contributed by atoms with Crippen molar-refractivity contribution in [3.8, 4) is 45.6 Å². The average molecular weight is 1040 g/mol. The minimum absolute atomic E-state index is 0.0282. The standard InChI is InChI=1S/C57H52F6N2O10/c1-35-46(65)23-22-44(53(35)48(67)25-13-37-10-19-42(20-11-37)75-55(69)39-15-27-50(52(33-39)71-3)73-31-7-5-29-57(61,62)63)43-21-16-40(64)34-45(43)47(66)24-12-36-8-17-41(18-9-36)74-54(68)38-14-26-49(51(32-38)70-2)72-30-6-4-28-56(58,59)60/h8-27,32-34H,4-7,28-31,64-65H2,1-3H3. The van der Waals surface area contributed by atoms with Crippen molar-refractivity contribution >= 4 is 47.0 Å². The summed E-state index contributed by atoms with van der Waals surface area (Å²) in [5.74, 6) is -0.945. The Morgan fingerprint density at radius 1 is 0.520 bits per heavy atom. The number of hydrogen-bond donors (Lipinski definition) is 2. The summed E-state index contributed by atoms with van der Waals surface area (Å²) in [4.78, 5) is 54.0.